The first-order chi connectivity index (χ1) is 15.6. The Morgan fingerprint density at radius 1 is 1.00 bits per heavy atom. The molecule has 3 aromatic rings. The van der Waals surface area contributed by atoms with Crippen LogP contribution in [0.1, 0.15) is 23.8 Å². The highest BCUT2D eigenvalue weighted by molar-refractivity contribution is 5.14. The summed E-state index contributed by atoms with van der Waals surface area (Å²) < 4.78 is 33.7. The lowest BCUT2D eigenvalue weighted by molar-refractivity contribution is -0.165. The fourth-order valence-electron chi connectivity index (χ4n) is 3.81. The van der Waals surface area contributed by atoms with Crippen molar-refractivity contribution in [2.75, 3.05) is 13.3 Å². The number of alkyl halides is 1. The van der Waals surface area contributed by atoms with Gasteiger partial charge in [-0.15, -0.1) is 0 Å². The van der Waals surface area contributed by atoms with Crippen LogP contribution in [0.4, 0.5) is 4.39 Å². The lowest BCUT2D eigenvalue weighted by atomic mass is 9.99. The maximum Gasteiger partial charge on any atom is 0.330 e. The Morgan fingerprint density at radius 2 is 1.66 bits per heavy atom. The van der Waals surface area contributed by atoms with Gasteiger partial charge in [0.05, 0.1) is 25.9 Å². The summed E-state index contributed by atoms with van der Waals surface area (Å²) in [5.74, 6) is 0. The van der Waals surface area contributed by atoms with Gasteiger partial charge in [-0.25, -0.2) is 9.18 Å². The van der Waals surface area contributed by atoms with Crippen LogP contribution in [-0.2, 0) is 27.4 Å². The van der Waals surface area contributed by atoms with E-state index in [1.54, 1.807) is 0 Å². The van der Waals surface area contributed by atoms with E-state index in [-0.39, 0.29) is 19.6 Å². The van der Waals surface area contributed by atoms with Crippen molar-refractivity contribution < 1.29 is 18.6 Å². The topological polar surface area (TPSA) is 82.5 Å². The monoisotopic (exact) mass is 440 g/mol. The molecule has 0 bridgehead atoms. The van der Waals surface area contributed by atoms with Crippen molar-refractivity contribution in [1.82, 2.24) is 9.55 Å². The molecule has 1 aliphatic rings. The van der Waals surface area contributed by atoms with Crippen LogP contribution in [-0.4, -0.2) is 34.5 Å². The van der Waals surface area contributed by atoms with Gasteiger partial charge in [0, 0.05) is 18.7 Å². The van der Waals surface area contributed by atoms with Gasteiger partial charge in [-0.2, -0.15) is 0 Å². The number of aromatic amines is 1. The van der Waals surface area contributed by atoms with Gasteiger partial charge in [0.25, 0.3) is 5.56 Å². The molecule has 0 radical (unpaired) electrons. The first kappa shape index (κ1) is 22.1. The SMILES string of the molecule is O=c1ccn(C2CC(OCc3ccccc3)C(CF)(COCc3ccccc3)O2)c(=O)[nH]1. The summed E-state index contributed by atoms with van der Waals surface area (Å²) in [6.45, 7) is -0.342. The Morgan fingerprint density at radius 3 is 2.28 bits per heavy atom. The third-order valence-electron chi connectivity index (χ3n) is 5.51. The molecule has 168 valence electrons. The zero-order chi connectivity index (χ0) is 22.4. The second-order valence-electron chi connectivity index (χ2n) is 7.79. The number of aromatic nitrogens is 2. The number of H-pyrrole nitrogens is 1. The molecule has 1 aromatic heterocycles. The molecule has 1 saturated heterocycles. The molecule has 8 heteroatoms. The maximum absolute atomic E-state index is 14.5. The Labute approximate surface area is 184 Å². The zero-order valence-electron chi connectivity index (χ0n) is 17.5. The van der Waals surface area contributed by atoms with E-state index in [4.69, 9.17) is 14.2 Å². The largest absolute Gasteiger partial charge is 0.374 e. The van der Waals surface area contributed by atoms with Crippen molar-refractivity contribution in [2.45, 2.75) is 37.6 Å². The second-order valence-corrected chi connectivity index (χ2v) is 7.79. The first-order valence-electron chi connectivity index (χ1n) is 10.4. The van der Waals surface area contributed by atoms with Crippen LogP contribution in [0.2, 0.25) is 0 Å². The van der Waals surface area contributed by atoms with Crippen molar-refractivity contribution >= 4 is 0 Å². The molecule has 32 heavy (non-hydrogen) atoms. The van der Waals surface area contributed by atoms with Gasteiger partial charge < -0.3 is 14.2 Å². The molecule has 1 aliphatic heterocycles. The van der Waals surface area contributed by atoms with Crippen molar-refractivity contribution in [1.29, 1.82) is 0 Å². The number of rotatable bonds is 9. The third kappa shape index (κ3) is 5.04. The number of nitrogens with one attached hydrogen (secondary N) is 1. The minimum atomic E-state index is -1.39. The molecule has 0 amide bonds. The summed E-state index contributed by atoms with van der Waals surface area (Å²) in [4.78, 5) is 25.9. The minimum Gasteiger partial charge on any atom is -0.374 e. The number of hydrogen-bond donors (Lipinski definition) is 1. The Kier molecular flexibility index (Phi) is 6.94. The Hall–Kier alpha value is -3.07. The maximum atomic E-state index is 14.5. The van der Waals surface area contributed by atoms with Crippen LogP contribution < -0.4 is 11.2 Å². The third-order valence-corrected chi connectivity index (χ3v) is 5.51. The average molecular weight is 440 g/mol. The summed E-state index contributed by atoms with van der Waals surface area (Å²) in [6.07, 6.45) is 0.125. The smallest absolute Gasteiger partial charge is 0.330 e. The first-order valence-corrected chi connectivity index (χ1v) is 10.4. The summed E-state index contributed by atoms with van der Waals surface area (Å²) in [7, 11) is 0. The van der Waals surface area contributed by atoms with Crippen LogP contribution in [0, 0.1) is 0 Å². The molecular weight excluding hydrogens is 415 g/mol. The van der Waals surface area contributed by atoms with E-state index in [1.165, 1.54) is 16.8 Å². The highest BCUT2D eigenvalue weighted by atomic mass is 19.1. The quantitative estimate of drug-likeness (QED) is 0.553. The van der Waals surface area contributed by atoms with Gasteiger partial charge >= 0.3 is 5.69 Å². The molecule has 1 N–H and O–H groups in total. The lowest BCUT2D eigenvalue weighted by Crippen LogP contribution is -2.47. The zero-order valence-corrected chi connectivity index (χ0v) is 17.5. The predicted octanol–water partition coefficient (Wildman–Crippen LogP) is 2.97. The molecule has 2 heterocycles. The van der Waals surface area contributed by atoms with Crippen LogP contribution in [0.3, 0.4) is 0 Å². The Bertz CT molecular complexity index is 1120. The summed E-state index contributed by atoms with van der Waals surface area (Å²) in [5, 5.41) is 0. The summed E-state index contributed by atoms with van der Waals surface area (Å²) >= 11 is 0. The molecule has 4 rings (SSSR count). The van der Waals surface area contributed by atoms with Gasteiger partial charge in [-0.3, -0.25) is 14.3 Å². The number of ether oxygens (including phenoxy) is 3. The van der Waals surface area contributed by atoms with Gasteiger partial charge in [0.15, 0.2) is 0 Å². The van der Waals surface area contributed by atoms with E-state index in [1.807, 2.05) is 60.7 Å². The fourth-order valence-corrected chi connectivity index (χ4v) is 3.81. The van der Waals surface area contributed by atoms with Gasteiger partial charge in [-0.05, 0) is 11.1 Å². The van der Waals surface area contributed by atoms with Crippen LogP contribution in [0.25, 0.3) is 0 Å². The molecule has 0 aliphatic carbocycles. The molecule has 1 fully saturated rings. The molecule has 0 saturated carbocycles. The Balaban J connectivity index is 1.53. The van der Waals surface area contributed by atoms with Crippen molar-refractivity contribution in [3.05, 3.63) is 105 Å². The average Bonchev–Trinajstić information content (AvgIpc) is 3.17. The van der Waals surface area contributed by atoms with Crippen molar-refractivity contribution in [2.24, 2.45) is 0 Å². The van der Waals surface area contributed by atoms with Crippen molar-refractivity contribution in [3.63, 3.8) is 0 Å². The van der Waals surface area contributed by atoms with E-state index < -0.39 is 35.9 Å². The number of nitrogens with zero attached hydrogens (tertiary/aromatic N) is 1. The normalized spacial score (nSPS) is 22.8. The van der Waals surface area contributed by atoms with Gasteiger partial charge in [0.1, 0.15) is 18.5 Å². The summed E-state index contributed by atoms with van der Waals surface area (Å²) in [6, 6.07) is 20.3. The fraction of sp³-hybridized carbons (Fsp3) is 0.333. The molecule has 3 unspecified atom stereocenters. The highest BCUT2D eigenvalue weighted by Crippen LogP contribution is 2.39. The number of halogens is 1. The standard InChI is InChI=1S/C24H25FN2O5/c25-16-24(17-30-14-18-7-3-1-4-8-18)20(31-15-19-9-5-2-6-10-19)13-22(32-24)27-12-11-21(28)26-23(27)29/h1-12,20,22H,13-17H2,(H,26,28,29). The van der Waals surface area contributed by atoms with E-state index in [9.17, 15) is 14.0 Å². The van der Waals surface area contributed by atoms with Crippen LogP contribution >= 0.6 is 0 Å². The van der Waals surface area contributed by atoms with Crippen molar-refractivity contribution in [3.8, 4) is 0 Å². The van der Waals surface area contributed by atoms with Gasteiger partial charge in [0.2, 0.25) is 0 Å². The number of benzene rings is 2. The minimum absolute atomic E-state index is 0.0492. The molecule has 3 atom stereocenters. The van der Waals surface area contributed by atoms with E-state index >= 15 is 0 Å². The molecule has 0 spiro atoms. The highest BCUT2D eigenvalue weighted by Gasteiger charge is 2.51. The number of hydrogen-bond acceptors (Lipinski definition) is 5. The van der Waals surface area contributed by atoms with E-state index in [2.05, 4.69) is 4.98 Å². The second kappa shape index (κ2) is 10.0. The van der Waals surface area contributed by atoms with Crippen LogP contribution in [0.5, 0.6) is 0 Å². The molecular formula is C24H25FN2O5. The lowest BCUT2D eigenvalue weighted by Gasteiger charge is -2.31. The van der Waals surface area contributed by atoms with E-state index in [0.29, 0.717) is 6.61 Å². The van der Waals surface area contributed by atoms with Gasteiger partial charge in [-0.1, -0.05) is 60.7 Å². The van der Waals surface area contributed by atoms with Crippen LogP contribution in [0.15, 0.2) is 82.5 Å². The molecule has 2 aromatic carbocycles. The molecule has 7 nitrogen and oxygen atoms in total. The predicted molar refractivity (Wildman–Crippen MR) is 116 cm³/mol. The summed E-state index contributed by atoms with van der Waals surface area (Å²) in [5.41, 5.74) is -0.623. The van der Waals surface area contributed by atoms with E-state index in [0.717, 1.165) is 11.1 Å².